The molecule has 2 atom stereocenters. The van der Waals surface area contributed by atoms with E-state index >= 15 is 0 Å². The van der Waals surface area contributed by atoms with Crippen LogP contribution in [0, 0.1) is 6.92 Å². The molecular weight excluding hydrogens is 432 g/mol. The highest BCUT2D eigenvalue weighted by Crippen LogP contribution is 2.37. The molecule has 0 amide bonds. The van der Waals surface area contributed by atoms with E-state index in [1.54, 1.807) is 32.2 Å². The van der Waals surface area contributed by atoms with Crippen LogP contribution in [0.5, 0.6) is 11.5 Å². The summed E-state index contributed by atoms with van der Waals surface area (Å²) in [5.74, 6) is -1.07. The van der Waals surface area contributed by atoms with Crippen LogP contribution in [0.1, 0.15) is 36.3 Å². The Morgan fingerprint density at radius 3 is 2.76 bits per heavy atom. The third kappa shape index (κ3) is 4.99. The van der Waals surface area contributed by atoms with Crippen molar-refractivity contribution in [3.8, 4) is 11.5 Å². The second kappa shape index (κ2) is 9.44. The van der Waals surface area contributed by atoms with Gasteiger partial charge in [0.2, 0.25) is 0 Å². The first-order chi connectivity index (χ1) is 15.8. The van der Waals surface area contributed by atoms with Gasteiger partial charge >= 0.3 is 0 Å². The summed E-state index contributed by atoms with van der Waals surface area (Å²) in [5, 5.41) is 13.1. The van der Waals surface area contributed by atoms with Crippen LogP contribution >= 0.6 is 0 Å². The molecule has 7 nitrogen and oxygen atoms in total. The number of fused-ring (bicyclic) bond motifs is 1. The van der Waals surface area contributed by atoms with E-state index in [1.165, 1.54) is 12.1 Å². The van der Waals surface area contributed by atoms with E-state index in [9.17, 15) is 8.78 Å². The number of aliphatic hydroxyl groups excluding tert-OH is 1. The first kappa shape index (κ1) is 23.1. The largest absolute Gasteiger partial charge is 0.493 e. The number of nitrogens with one attached hydrogen (secondary N) is 1. The minimum absolute atomic E-state index is 0.0611. The lowest BCUT2D eigenvalue weighted by Crippen LogP contribution is -2.19. The van der Waals surface area contributed by atoms with Crippen molar-refractivity contribution < 1.29 is 28.1 Å². The molecule has 1 aromatic heterocycles. The molecule has 0 aliphatic carbocycles. The summed E-state index contributed by atoms with van der Waals surface area (Å²) < 4.78 is 45.0. The molecule has 1 aliphatic rings. The second-order valence-corrected chi connectivity index (χ2v) is 8.10. The zero-order valence-electron chi connectivity index (χ0n) is 18.8. The van der Waals surface area contributed by atoms with Gasteiger partial charge in [-0.1, -0.05) is 18.2 Å². The lowest BCUT2D eigenvalue weighted by atomic mass is 10.0. The third-order valence-electron chi connectivity index (χ3n) is 5.64. The molecule has 1 fully saturated rings. The normalized spacial score (nSPS) is 17.2. The van der Waals surface area contributed by atoms with E-state index in [1.807, 2.05) is 13.0 Å². The van der Waals surface area contributed by atoms with Crippen LogP contribution < -0.4 is 14.8 Å². The van der Waals surface area contributed by atoms with E-state index in [0.29, 0.717) is 47.4 Å². The number of aryl methyl sites for hydroxylation is 1. The Morgan fingerprint density at radius 1 is 1.24 bits per heavy atom. The van der Waals surface area contributed by atoms with Crippen molar-refractivity contribution in [2.24, 2.45) is 0 Å². The number of alkyl halides is 2. The van der Waals surface area contributed by atoms with Crippen molar-refractivity contribution in [2.75, 3.05) is 32.2 Å². The molecule has 176 valence electrons. The maximum Gasteiger partial charge on any atom is 0.295 e. The lowest BCUT2D eigenvalue weighted by molar-refractivity contribution is -0.0556. The molecule has 1 saturated heterocycles. The van der Waals surface area contributed by atoms with E-state index in [2.05, 4.69) is 15.3 Å². The molecule has 33 heavy (non-hydrogen) atoms. The second-order valence-electron chi connectivity index (χ2n) is 8.10. The van der Waals surface area contributed by atoms with Crippen molar-refractivity contribution in [3.05, 3.63) is 53.3 Å². The zero-order chi connectivity index (χ0) is 23.6. The molecule has 9 heteroatoms. The molecular formula is C24H27F2N3O4. The van der Waals surface area contributed by atoms with Gasteiger partial charge in [0.15, 0.2) is 11.5 Å². The number of nitrogens with zero attached hydrogens (tertiary/aromatic N) is 2. The number of anilines is 1. The molecule has 2 heterocycles. The number of aliphatic hydroxyl groups is 1. The van der Waals surface area contributed by atoms with Crippen LogP contribution in [0.3, 0.4) is 0 Å². The van der Waals surface area contributed by atoms with Gasteiger partial charge in [-0.2, -0.15) is 8.78 Å². The van der Waals surface area contributed by atoms with E-state index in [-0.39, 0.29) is 17.7 Å². The minimum atomic E-state index is -3.30. The maximum atomic E-state index is 14.0. The predicted molar refractivity (Wildman–Crippen MR) is 120 cm³/mol. The fraction of sp³-hybridized carbons (Fsp3) is 0.417. The molecule has 4 rings (SSSR count). The summed E-state index contributed by atoms with van der Waals surface area (Å²) in [4.78, 5) is 9.07. The van der Waals surface area contributed by atoms with Crippen LogP contribution in [0.2, 0.25) is 0 Å². The third-order valence-corrected chi connectivity index (χ3v) is 5.64. The molecule has 0 radical (unpaired) electrons. The number of hydrogen-bond acceptors (Lipinski definition) is 7. The fourth-order valence-electron chi connectivity index (χ4n) is 3.81. The first-order valence-electron chi connectivity index (χ1n) is 10.8. The van der Waals surface area contributed by atoms with Gasteiger partial charge in [-0.25, -0.2) is 9.97 Å². The van der Waals surface area contributed by atoms with Gasteiger partial charge in [0.05, 0.1) is 25.8 Å². The summed E-state index contributed by atoms with van der Waals surface area (Å²) in [6.45, 7) is 3.56. The van der Waals surface area contributed by atoms with E-state index < -0.39 is 12.5 Å². The van der Waals surface area contributed by atoms with E-state index in [4.69, 9.17) is 19.3 Å². The number of ether oxygens (including phenoxy) is 3. The Kier molecular flexibility index (Phi) is 6.62. The quantitative estimate of drug-likeness (QED) is 0.517. The highest BCUT2D eigenvalue weighted by molar-refractivity contribution is 5.92. The molecule has 0 saturated carbocycles. The van der Waals surface area contributed by atoms with Gasteiger partial charge in [0.1, 0.15) is 24.4 Å². The Morgan fingerprint density at radius 2 is 2.06 bits per heavy atom. The number of aromatic nitrogens is 2. The minimum Gasteiger partial charge on any atom is -0.493 e. The lowest BCUT2D eigenvalue weighted by Gasteiger charge is -2.20. The number of halogens is 2. The van der Waals surface area contributed by atoms with Crippen LogP contribution in [0.15, 0.2) is 36.4 Å². The van der Waals surface area contributed by atoms with Crippen LogP contribution in [0.25, 0.3) is 10.9 Å². The number of rotatable bonds is 8. The molecule has 3 aromatic rings. The molecule has 0 bridgehead atoms. The molecule has 2 aromatic carbocycles. The predicted octanol–water partition coefficient (Wildman–Crippen LogP) is 4.37. The molecule has 0 spiro atoms. The summed E-state index contributed by atoms with van der Waals surface area (Å²) in [6, 6.07) is 9.29. The Hall–Kier alpha value is -3.04. The van der Waals surface area contributed by atoms with Gasteiger partial charge in [-0.3, -0.25) is 0 Å². The molecule has 1 aliphatic heterocycles. The molecule has 2 N–H and O–H groups in total. The summed E-state index contributed by atoms with van der Waals surface area (Å²) in [7, 11) is 1.57. The average Bonchev–Trinajstić information content (AvgIpc) is 3.32. The monoisotopic (exact) mass is 459 g/mol. The fourth-order valence-corrected chi connectivity index (χ4v) is 3.81. The van der Waals surface area contributed by atoms with Gasteiger partial charge in [-0.15, -0.1) is 0 Å². The van der Waals surface area contributed by atoms with Gasteiger partial charge in [-0.05, 0) is 31.5 Å². The van der Waals surface area contributed by atoms with Crippen molar-refractivity contribution in [1.82, 2.24) is 9.97 Å². The maximum absolute atomic E-state index is 14.0. The summed E-state index contributed by atoms with van der Waals surface area (Å²) >= 11 is 0. The van der Waals surface area contributed by atoms with Crippen molar-refractivity contribution in [2.45, 2.75) is 38.3 Å². The van der Waals surface area contributed by atoms with Crippen LogP contribution in [-0.2, 0) is 10.7 Å². The Bertz CT molecular complexity index is 1140. The first-order valence-corrected chi connectivity index (χ1v) is 10.8. The van der Waals surface area contributed by atoms with E-state index in [0.717, 1.165) is 11.8 Å². The van der Waals surface area contributed by atoms with Gasteiger partial charge < -0.3 is 24.6 Å². The van der Waals surface area contributed by atoms with Gasteiger partial charge in [0, 0.05) is 29.5 Å². The van der Waals surface area contributed by atoms with Crippen molar-refractivity contribution >= 4 is 16.7 Å². The standard InChI is InChI=1S/C24H27F2N3O4/c1-14(16-5-4-6-17(9-16)24(25,26)13-30)27-23-19-10-22(33-18-7-8-32-12-18)21(31-3)11-20(19)28-15(2)29-23/h4-6,9-11,14,18,30H,7-8,12-13H2,1-3H3,(H,27,28,29)/t14-,18+/m1/s1. The van der Waals surface area contributed by atoms with Gasteiger partial charge in [0.25, 0.3) is 5.92 Å². The summed E-state index contributed by atoms with van der Waals surface area (Å²) in [5.41, 5.74) is 1.07. The van der Waals surface area contributed by atoms with Crippen LogP contribution in [-0.4, -0.2) is 48.1 Å². The average molecular weight is 459 g/mol. The Labute approximate surface area is 190 Å². The summed E-state index contributed by atoms with van der Waals surface area (Å²) in [6.07, 6.45) is 0.733. The number of benzene rings is 2. The van der Waals surface area contributed by atoms with Crippen LogP contribution in [0.4, 0.5) is 14.6 Å². The Balaban J connectivity index is 1.69. The highest BCUT2D eigenvalue weighted by Gasteiger charge is 2.31. The zero-order valence-corrected chi connectivity index (χ0v) is 18.8. The topological polar surface area (TPSA) is 85.7 Å². The SMILES string of the molecule is COc1cc2nc(C)nc(N[C@H](C)c3cccc(C(F)(F)CO)c3)c2cc1O[C@H]1CCOC1. The smallest absolute Gasteiger partial charge is 0.295 e. The number of hydrogen-bond donors (Lipinski definition) is 2. The highest BCUT2D eigenvalue weighted by atomic mass is 19.3. The van der Waals surface area contributed by atoms with Crippen molar-refractivity contribution in [1.29, 1.82) is 0 Å². The van der Waals surface area contributed by atoms with Crippen molar-refractivity contribution in [3.63, 3.8) is 0 Å². The number of methoxy groups -OCH3 is 1. The molecule has 0 unspecified atom stereocenters.